The van der Waals surface area contributed by atoms with Crippen LogP contribution in [-0.2, 0) is 0 Å². The maximum absolute atomic E-state index is 11.9. The van der Waals surface area contributed by atoms with Gasteiger partial charge in [0.25, 0.3) is 0 Å². The lowest BCUT2D eigenvalue weighted by Crippen LogP contribution is -1.63. The number of nitrogens with one attached hydrogen (secondary N) is 2. The molecule has 1 rings (SSSR count). The van der Waals surface area contributed by atoms with Gasteiger partial charge in [0.15, 0.2) is 0 Å². The average molecular weight is 140 g/mol. The largest absolute Gasteiger partial charge is 0.211 e. The SMILES string of the molecule is Fc1ccccc1.N=[N+]=N. The van der Waals surface area contributed by atoms with Crippen LogP contribution in [0.25, 0.3) is 0 Å². The third-order valence-electron chi connectivity index (χ3n) is 0.733. The van der Waals surface area contributed by atoms with Crippen LogP contribution in [0, 0.1) is 16.9 Å². The zero-order valence-corrected chi connectivity index (χ0v) is 5.21. The normalized spacial score (nSPS) is 6.90. The highest BCUT2D eigenvalue weighted by molar-refractivity contribution is 5.02. The fraction of sp³-hybridized carbons (Fsp3) is 0. The Bertz CT molecular complexity index is 203. The molecule has 0 heterocycles. The standard InChI is InChI=1S/C6H5F.H2N3/c7-6-4-2-1-3-5-6;1-3-2/h1-5H;1-2H/q;+1. The van der Waals surface area contributed by atoms with Crippen molar-refractivity contribution in [1.29, 1.82) is 11.1 Å². The monoisotopic (exact) mass is 140 g/mol. The molecule has 3 nitrogen and oxygen atoms in total. The lowest BCUT2D eigenvalue weighted by atomic mass is 10.4. The van der Waals surface area contributed by atoms with Crippen LogP contribution in [0.1, 0.15) is 0 Å². The molecule has 1 aromatic rings. The molecule has 0 bridgehead atoms. The van der Waals surface area contributed by atoms with Gasteiger partial charge in [-0.15, -0.1) is 0 Å². The Morgan fingerprint density at radius 3 is 1.70 bits per heavy atom. The Balaban J connectivity index is 0.000000236. The molecule has 0 unspecified atom stereocenters. The molecule has 0 aliphatic heterocycles. The van der Waals surface area contributed by atoms with Crippen molar-refractivity contribution in [1.82, 2.24) is 4.91 Å². The molecule has 4 heteroatoms. The van der Waals surface area contributed by atoms with Crippen LogP contribution >= 0.6 is 0 Å². The first-order chi connectivity index (χ1) is 4.81. The van der Waals surface area contributed by atoms with Gasteiger partial charge in [0.05, 0.1) is 0 Å². The zero-order chi connectivity index (χ0) is 7.82. The lowest BCUT2D eigenvalue weighted by Gasteiger charge is -1.78. The van der Waals surface area contributed by atoms with Crippen molar-refractivity contribution >= 4 is 0 Å². The van der Waals surface area contributed by atoms with E-state index < -0.39 is 0 Å². The Morgan fingerprint density at radius 1 is 1.10 bits per heavy atom. The van der Waals surface area contributed by atoms with Crippen LogP contribution in [-0.4, -0.2) is 0 Å². The van der Waals surface area contributed by atoms with Crippen LogP contribution in [0.3, 0.4) is 0 Å². The van der Waals surface area contributed by atoms with Crippen molar-refractivity contribution < 1.29 is 4.39 Å². The minimum Gasteiger partial charge on any atom is -0.207 e. The molecule has 0 radical (unpaired) electrons. The number of rotatable bonds is 0. The first-order valence-electron chi connectivity index (χ1n) is 2.55. The first-order valence-corrected chi connectivity index (χ1v) is 2.55. The fourth-order valence-corrected chi connectivity index (χ4v) is 0.415. The van der Waals surface area contributed by atoms with Crippen molar-refractivity contribution in [3.05, 3.63) is 36.1 Å². The topological polar surface area (TPSA) is 61.8 Å². The van der Waals surface area contributed by atoms with Gasteiger partial charge in [0.2, 0.25) is 4.91 Å². The van der Waals surface area contributed by atoms with Crippen molar-refractivity contribution in [2.45, 2.75) is 0 Å². The molecule has 1 aromatic carbocycles. The molecule has 2 N–H and O–H groups in total. The minimum absolute atomic E-state index is 0.178. The van der Waals surface area contributed by atoms with E-state index in [0.717, 1.165) is 0 Å². The van der Waals surface area contributed by atoms with Gasteiger partial charge in [-0.2, -0.15) is 0 Å². The van der Waals surface area contributed by atoms with Gasteiger partial charge in [-0.1, -0.05) is 18.2 Å². The van der Waals surface area contributed by atoms with Gasteiger partial charge >= 0.3 is 0 Å². The van der Waals surface area contributed by atoms with Crippen LogP contribution < -0.4 is 4.91 Å². The van der Waals surface area contributed by atoms with Crippen LogP contribution in [0.5, 0.6) is 0 Å². The van der Waals surface area contributed by atoms with Crippen LogP contribution in [0.15, 0.2) is 30.3 Å². The predicted molar refractivity (Wildman–Crippen MR) is 34.0 cm³/mol. The minimum atomic E-state index is -0.178. The fourth-order valence-electron chi connectivity index (χ4n) is 0.415. The quantitative estimate of drug-likeness (QED) is 0.408. The van der Waals surface area contributed by atoms with Gasteiger partial charge in [-0.3, -0.25) is 0 Å². The van der Waals surface area contributed by atoms with Crippen LogP contribution in [0.4, 0.5) is 4.39 Å². The van der Waals surface area contributed by atoms with E-state index in [2.05, 4.69) is 0 Å². The predicted octanol–water partition coefficient (Wildman–Crippen LogP) is 1.94. The average Bonchev–Trinajstić information content (AvgIpc) is 1.91. The van der Waals surface area contributed by atoms with Gasteiger partial charge < -0.3 is 0 Å². The summed E-state index contributed by atoms with van der Waals surface area (Å²) >= 11 is 0. The molecule has 52 valence electrons. The van der Waals surface area contributed by atoms with E-state index in [1.165, 1.54) is 12.1 Å². The number of benzene rings is 1. The van der Waals surface area contributed by atoms with E-state index in [1.54, 1.807) is 18.2 Å². The van der Waals surface area contributed by atoms with E-state index in [4.69, 9.17) is 11.1 Å². The molecule has 0 aliphatic rings. The Hall–Kier alpha value is -1.54. The molecule has 0 atom stereocenters. The molecule has 0 aromatic heterocycles. The highest BCUT2D eigenvalue weighted by Crippen LogP contribution is 1.91. The van der Waals surface area contributed by atoms with E-state index >= 15 is 0 Å². The van der Waals surface area contributed by atoms with Gasteiger partial charge in [-0.05, 0) is 12.1 Å². The molecule has 0 amide bonds. The zero-order valence-electron chi connectivity index (χ0n) is 5.21. The van der Waals surface area contributed by atoms with Crippen molar-refractivity contribution in [2.24, 2.45) is 0 Å². The summed E-state index contributed by atoms with van der Waals surface area (Å²) in [7, 11) is 0. The number of hydrogen-bond donors (Lipinski definition) is 2. The summed E-state index contributed by atoms with van der Waals surface area (Å²) in [5.74, 6) is -0.178. The molecule has 0 saturated carbocycles. The molecule has 10 heavy (non-hydrogen) atoms. The molecular weight excluding hydrogens is 133 g/mol. The van der Waals surface area contributed by atoms with Crippen molar-refractivity contribution in [2.75, 3.05) is 0 Å². The van der Waals surface area contributed by atoms with Gasteiger partial charge in [0.1, 0.15) is 16.9 Å². The summed E-state index contributed by atoms with van der Waals surface area (Å²) in [6.45, 7) is 0. The highest BCUT2D eigenvalue weighted by Gasteiger charge is 1.77. The third-order valence-corrected chi connectivity index (χ3v) is 0.733. The maximum atomic E-state index is 11.9. The second-order valence-corrected chi connectivity index (χ2v) is 1.41. The van der Waals surface area contributed by atoms with Crippen molar-refractivity contribution in [3.8, 4) is 0 Å². The van der Waals surface area contributed by atoms with Gasteiger partial charge in [0, 0.05) is 0 Å². The molecule has 0 aliphatic carbocycles. The summed E-state index contributed by atoms with van der Waals surface area (Å²) in [5, 5.41) is 0. The second kappa shape index (κ2) is 5.59. The number of hydrogen-bond acceptors (Lipinski definition) is 2. The Morgan fingerprint density at radius 2 is 1.50 bits per heavy atom. The summed E-state index contributed by atoms with van der Waals surface area (Å²) < 4.78 is 11.9. The smallest absolute Gasteiger partial charge is 0.207 e. The maximum Gasteiger partial charge on any atom is 0.211 e. The van der Waals surface area contributed by atoms with E-state index in [-0.39, 0.29) is 5.82 Å². The Labute approximate surface area is 57.5 Å². The molecule has 0 fully saturated rings. The molecule has 0 saturated heterocycles. The lowest BCUT2D eigenvalue weighted by molar-refractivity contribution is 0.628. The molecule has 0 spiro atoms. The first kappa shape index (κ1) is 8.46. The summed E-state index contributed by atoms with van der Waals surface area (Å²) in [6.07, 6.45) is 0. The summed E-state index contributed by atoms with van der Waals surface area (Å²) in [6, 6.07) is 7.94. The van der Waals surface area contributed by atoms with Crippen molar-refractivity contribution in [3.63, 3.8) is 0 Å². The van der Waals surface area contributed by atoms with E-state index in [1.807, 2.05) is 4.91 Å². The summed E-state index contributed by atoms with van der Waals surface area (Å²) in [5.41, 5.74) is 11.0. The highest BCUT2D eigenvalue weighted by atomic mass is 19.1. The third kappa shape index (κ3) is 4.61. The number of nitrogens with zero attached hydrogens (tertiary/aromatic N) is 1. The van der Waals surface area contributed by atoms with Gasteiger partial charge in [-0.25, -0.2) is 4.39 Å². The van der Waals surface area contributed by atoms with E-state index in [0.29, 0.717) is 0 Å². The number of halogens is 1. The second-order valence-electron chi connectivity index (χ2n) is 1.41. The molecular formula is C6H7FN3+. The van der Waals surface area contributed by atoms with E-state index in [9.17, 15) is 4.39 Å². The Kier molecular flexibility index (Phi) is 4.73. The van der Waals surface area contributed by atoms with Crippen LogP contribution in [0.2, 0.25) is 0 Å². The summed E-state index contributed by atoms with van der Waals surface area (Å²) in [4.78, 5) is 2.00.